The molecule has 1 fully saturated rings. The summed E-state index contributed by atoms with van der Waals surface area (Å²) in [6, 6.07) is 17.0. The standard InChI is InChI=1S/C28H29N3O4/c1-4-35-23-11-9-22(10-12-23)31-18(2)15-24(19(31)3)25(32)17-30-26(33)28(29-27(30)34)14-13-20-7-5-6-8-21(20)16-28/h5-12,15H,4,13-14,16-17H2,1-3H3,(H,29,34). The highest BCUT2D eigenvalue weighted by atomic mass is 16.5. The number of rotatable bonds is 6. The molecule has 1 unspecified atom stereocenters. The van der Waals surface area contributed by atoms with E-state index < -0.39 is 11.6 Å². The number of hydrogen-bond acceptors (Lipinski definition) is 4. The Morgan fingerprint density at radius 1 is 1.06 bits per heavy atom. The SMILES string of the molecule is CCOc1ccc(-n2c(C)cc(C(=O)CN3C(=O)NC4(CCc5ccccc5C4)C3=O)c2C)cc1. The van der Waals surface area contributed by atoms with E-state index in [1.807, 2.05) is 73.9 Å². The Bertz CT molecular complexity index is 1320. The van der Waals surface area contributed by atoms with Crippen molar-refractivity contribution in [2.24, 2.45) is 0 Å². The molecule has 1 aliphatic heterocycles. The molecule has 0 saturated carbocycles. The number of nitrogens with zero attached hydrogens (tertiary/aromatic N) is 2. The number of Topliss-reactive ketones (excluding diaryl/α,β-unsaturated/α-hetero) is 1. The first-order chi connectivity index (χ1) is 16.8. The van der Waals surface area contributed by atoms with Gasteiger partial charge in [-0.1, -0.05) is 24.3 Å². The summed E-state index contributed by atoms with van der Waals surface area (Å²) in [5.74, 6) is 0.213. The van der Waals surface area contributed by atoms with E-state index in [-0.39, 0.29) is 18.2 Å². The van der Waals surface area contributed by atoms with Crippen LogP contribution in [0.1, 0.15) is 46.2 Å². The van der Waals surface area contributed by atoms with Crippen molar-refractivity contribution in [3.63, 3.8) is 0 Å². The van der Waals surface area contributed by atoms with Gasteiger partial charge in [-0.3, -0.25) is 14.5 Å². The maximum absolute atomic E-state index is 13.4. The zero-order valence-corrected chi connectivity index (χ0v) is 20.3. The van der Waals surface area contributed by atoms with Crippen LogP contribution >= 0.6 is 0 Å². The van der Waals surface area contributed by atoms with Crippen molar-refractivity contribution in [2.75, 3.05) is 13.2 Å². The summed E-state index contributed by atoms with van der Waals surface area (Å²) in [6.45, 7) is 6.06. The van der Waals surface area contributed by atoms with E-state index in [4.69, 9.17) is 4.74 Å². The van der Waals surface area contributed by atoms with Gasteiger partial charge in [-0.25, -0.2) is 4.79 Å². The fraction of sp³-hybridized carbons (Fsp3) is 0.321. The Hall–Kier alpha value is -3.87. The minimum atomic E-state index is -0.967. The van der Waals surface area contributed by atoms with Crippen molar-refractivity contribution < 1.29 is 19.1 Å². The lowest BCUT2D eigenvalue weighted by Gasteiger charge is -2.32. The molecule has 3 amide bonds. The third-order valence-electron chi connectivity index (χ3n) is 7.12. The van der Waals surface area contributed by atoms with Gasteiger partial charge < -0.3 is 14.6 Å². The average molecular weight is 472 g/mol. The van der Waals surface area contributed by atoms with Crippen LogP contribution in [0.2, 0.25) is 0 Å². The van der Waals surface area contributed by atoms with Gasteiger partial charge in [0.05, 0.1) is 13.2 Å². The second kappa shape index (κ2) is 8.73. The van der Waals surface area contributed by atoms with Crippen molar-refractivity contribution in [2.45, 2.75) is 45.6 Å². The Balaban J connectivity index is 1.36. The van der Waals surface area contributed by atoms with E-state index in [1.54, 1.807) is 0 Å². The van der Waals surface area contributed by atoms with Crippen molar-refractivity contribution in [1.82, 2.24) is 14.8 Å². The fourth-order valence-electron chi connectivity index (χ4n) is 5.37. The van der Waals surface area contributed by atoms with Gasteiger partial charge in [0.15, 0.2) is 5.78 Å². The lowest BCUT2D eigenvalue weighted by atomic mass is 9.78. The number of urea groups is 1. The van der Waals surface area contributed by atoms with Crippen LogP contribution in [0.5, 0.6) is 5.75 Å². The van der Waals surface area contributed by atoms with Crippen LogP contribution in [0, 0.1) is 13.8 Å². The van der Waals surface area contributed by atoms with Crippen LogP contribution in [0.15, 0.2) is 54.6 Å². The molecule has 1 saturated heterocycles. The second-order valence-corrected chi connectivity index (χ2v) is 9.32. The minimum Gasteiger partial charge on any atom is -0.494 e. The molecule has 5 rings (SSSR count). The summed E-state index contributed by atoms with van der Waals surface area (Å²) in [5.41, 5.74) is 4.39. The van der Waals surface area contributed by atoms with E-state index in [0.717, 1.165) is 33.3 Å². The van der Waals surface area contributed by atoms with Crippen molar-refractivity contribution in [1.29, 1.82) is 0 Å². The average Bonchev–Trinajstić information content (AvgIpc) is 3.27. The molecule has 1 N–H and O–H groups in total. The highest BCUT2D eigenvalue weighted by Crippen LogP contribution is 2.34. The molecule has 1 spiro atoms. The van der Waals surface area contributed by atoms with E-state index in [2.05, 4.69) is 11.4 Å². The topological polar surface area (TPSA) is 80.6 Å². The molecule has 0 bridgehead atoms. The summed E-state index contributed by atoms with van der Waals surface area (Å²) in [7, 11) is 0. The molecule has 2 heterocycles. The van der Waals surface area contributed by atoms with Gasteiger partial charge in [0, 0.05) is 29.1 Å². The Kier molecular flexibility index (Phi) is 5.71. The van der Waals surface area contributed by atoms with Gasteiger partial charge in [-0.2, -0.15) is 0 Å². The molecule has 1 aromatic heterocycles. The molecule has 1 aliphatic carbocycles. The third kappa shape index (κ3) is 3.91. The van der Waals surface area contributed by atoms with Gasteiger partial charge in [-0.15, -0.1) is 0 Å². The molecule has 3 aromatic rings. The van der Waals surface area contributed by atoms with Gasteiger partial charge in [0.1, 0.15) is 11.3 Å². The first kappa shape index (κ1) is 22.9. The van der Waals surface area contributed by atoms with Crippen LogP contribution in [-0.4, -0.2) is 45.9 Å². The quantitative estimate of drug-likeness (QED) is 0.433. The molecule has 1 atom stereocenters. The van der Waals surface area contributed by atoms with E-state index in [1.165, 1.54) is 5.56 Å². The van der Waals surface area contributed by atoms with Crippen LogP contribution < -0.4 is 10.1 Å². The third-order valence-corrected chi connectivity index (χ3v) is 7.12. The number of fused-ring (bicyclic) bond motifs is 1. The summed E-state index contributed by atoms with van der Waals surface area (Å²) in [5, 5.41) is 2.91. The minimum absolute atomic E-state index is 0.257. The van der Waals surface area contributed by atoms with Crippen LogP contribution in [-0.2, 0) is 17.6 Å². The summed E-state index contributed by atoms with van der Waals surface area (Å²) in [6.07, 6.45) is 1.70. The monoisotopic (exact) mass is 471 g/mol. The largest absolute Gasteiger partial charge is 0.494 e. The number of benzene rings is 2. The highest BCUT2D eigenvalue weighted by molar-refractivity contribution is 6.11. The Morgan fingerprint density at radius 2 is 1.77 bits per heavy atom. The predicted molar refractivity (Wildman–Crippen MR) is 132 cm³/mol. The molecule has 2 aliphatic rings. The molecule has 2 aromatic carbocycles. The molecule has 180 valence electrons. The molecule has 7 heteroatoms. The van der Waals surface area contributed by atoms with Crippen molar-refractivity contribution in [3.05, 3.63) is 82.7 Å². The van der Waals surface area contributed by atoms with Crippen LogP contribution in [0.25, 0.3) is 5.69 Å². The predicted octanol–water partition coefficient (Wildman–Crippen LogP) is 4.16. The van der Waals surface area contributed by atoms with E-state index >= 15 is 0 Å². The molecular weight excluding hydrogens is 442 g/mol. The summed E-state index contributed by atoms with van der Waals surface area (Å²) in [4.78, 5) is 40.6. The number of ether oxygens (including phenoxy) is 1. The fourth-order valence-corrected chi connectivity index (χ4v) is 5.37. The van der Waals surface area contributed by atoms with Gasteiger partial charge in [0.2, 0.25) is 0 Å². The van der Waals surface area contributed by atoms with Gasteiger partial charge >= 0.3 is 6.03 Å². The molecular formula is C28H29N3O4. The van der Waals surface area contributed by atoms with Crippen molar-refractivity contribution >= 4 is 17.7 Å². The summed E-state index contributed by atoms with van der Waals surface area (Å²) >= 11 is 0. The van der Waals surface area contributed by atoms with Crippen molar-refractivity contribution in [3.8, 4) is 11.4 Å². The lowest BCUT2D eigenvalue weighted by molar-refractivity contribution is -0.131. The molecule has 0 radical (unpaired) electrons. The number of ketones is 1. The maximum atomic E-state index is 13.4. The number of aryl methyl sites for hydroxylation is 2. The summed E-state index contributed by atoms with van der Waals surface area (Å²) < 4.78 is 7.52. The maximum Gasteiger partial charge on any atom is 0.325 e. The van der Waals surface area contributed by atoms with Gasteiger partial charge in [-0.05, 0) is 75.1 Å². The smallest absolute Gasteiger partial charge is 0.325 e. The molecule has 7 nitrogen and oxygen atoms in total. The Morgan fingerprint density at radius 3 is 2.49 bits per heavy atom. The zero-order chi connectivity index (χ0) is 24.7. The molecule has 35 heavy (non-hydrogen) atoms. The first-order valence-corrected chi connectivity index (χ1v) is 12.0. The number of carbonyl (C=O) groups excluding carboxylic acids is 3. The number of aromatic nitrogens is 1. The zero-order valence-electron chi connectivity index (χ0n) is 20.3. The van der Waals surface area contributed by atoms with E-state index in [0.29, 0.717) is 31.4 Å². The van der Waals surface area contributed by atoms with Crippen LogP contribution in [0.4, 0.5) is 4.79 Å². The number of hydrogen-bond donors (Lipinski definition) is 1. The number of amides is 3. The number of imide groups is 1. The number of carbonyl (C=O) groups is 3. The van der Waals surface area contributed by atoms with E-state index in [9.17, 15) is 14.4 Å². The normalized spacial score (nSPS) is 19.1. The van der Waals surface area contributed by atoms with Gasteiger partial charge in [0.25, 0.3) is 5.91 Å². The number of nitrogens with one attached hydrogen (secondary N) is 1. The first-order valence-electron chi connectivity index (χ1n) is 12.0. The highest BCUT2D eigenvalue weighted by Gasteiger charge is 2.52. The van der Waals surface area contributed by atoms with Crippen LogP contribution in [0.3, 0.4) is 0 Å². The lowest BCUT2D eigenvalue weighted by Crippen LogP contribution is -2.51. The second-order valence-electron chi connectivity index (χ2n) is 9.32. The Labute approximate surface area is 204 Å².